The van der Waals surface area contributed by atoms with Crippen LogP contribution in [0.2, 0.25) is 0 Å². The van der Waals surface area contributed by atoms with Crippen molar-refractivity contribution in [1.29, 1.82) is 0 Å². The van der Waals surface area contributed by atoms with Gasteiger partial charge in [0.1, 0.15) is 11.5 Å². The molecule has 2 heterocycles. The average molecular weight is 544 g/mol. The van der Waals surface area contributed by atoms with Crippen LogP contribution in [0.25, 0.3) is 5.76 Å². The second-order valence-corrected chi connectivity index (χ2v) is 8.55. The van der Waals surface area contributed by atoms with Crippen molar-refractivity contribution in [3.05, 3.63) is 92.6 Å². The summed E-state index contributed by atoms with van der Waals surface area (Å²) in [7, 11) is 1.53. The molecule has 1 aliphatic heterocycles. The molecule has 0 radical (unpaired) electrons. The minimum Gasteiger partial charge on any atom is -0.507 e. The highest BCUT2D eigenvalue weighted by molar-refractivity contribution is 9.10. The number of carbonyl (C=O) groups is 2. The molecule has 4 rings (SSSR count). The first-order valence-electron chi connectivity index (χ1n) is 9.22. The summed E-state index contributed by atoms with van der Waals surface area (Å²) >= 11 is 6.78. The number of aromatic nitrogens is 1. The predicted octanol–water partition coefficient (Wildman–Crippen LogP) is 5.24. The lowest BCUT2D eigenvalue weighted by Crippen LogP contribution is -2.29. The summed E-state index contributed by atoms with van der Waals surface area (Å²) in [5, 5.41) is 11.1. The maximum absolute atomic E-state index is 13.1. The van der Waals surface area contributed by atoms with Gasteiger partial charge in [-0.05, 0) is 76.1 Å². The number of aliphatic hydroxyl groups is 1. The Hall–Kier alpha value is -2.97. The summed E-state index contributed by atoms with van der Waals surface area (Å²) in [5.74, 6) is -1.15. The molecule has 8 heteroatoms. The molecule has 1 amide bonds. The van der Waals surface area contributed by atoms with E-state index in [-0.39, 0.29) is 11.3 Å². The summed E-state index contributed by atoms with van der Waals surface area (Å²) in [6, 6.07) is 14.7. The number of ketones is 1. The SMILES string of the molecule is COc1ccc(/C(O)=C2/C(=O)C(=O)N(c3ccc(Br)cc3)C2c2ccncc2)cc1Br. The summed E-state index contributed by atoms with van der Waals surface area (Å²) in [6.45, 7) is 0. The maximum Gasteiger partial charge on any atom is 0.300 e. The van der Waals surface area contributed by atoms with E-state index in [9.17, 15) is 14.7 Å². The Morgan fingerprint density at radius 2 is 1.71 bits per heavy atom. The Balaban J connectivity index is 1.92. The molecule has 3 aromatic rings. The molecular formula is C23H16Br2N2O4. The van der Waals surface area contributed by atoms with E-state index in [0.29, 0.717) is 27.0 Å². The van der Waals surface area contributed by atoms with E-state index in [0.717, 1.165) is 4.47 Å². The second-order valence-electron chi connectivity index (χ2n) is 6.78. The van der Waals surface area contributed by atoms with E-state index >= 15 is 0 Å². The van der Waals surface area contributed by atoms with E-state index in [2.05, 4.69) is 36.8 Å². The number of Topliss-reactive ketones (excluding diaryl/α,β-unsaturated/α-hetero) is 1. The quantitative estimate of drug-likeness (QED) is 0.276. The van der Waals surface area contributed by atoms with Crippen LogP contribution in [0.4, 0.5) is 5.69 Å². The van der Waals surface area contributed by atoms with Crippen molar-refractivity contribution in [1.82, 2.24) is 4.98 Å². The van der Waals surface area contributed by atoms with Crippen molar-refractivity contribution >= 4 is 55.0 Å². The molecule has 1 atom stereocenters. The first kappa shape index (κ1) is 21.3. The second kappa shape index (κ2) is 8.64. The number of nitrogens with zero attached hydrogens (tertiary/aromatic N) is 2. The number of carbonyl (C=O) groups excluding carboxylic acids is 2. The van der Waals surface area contributed by atoms with E-state index in [1.54, 1.807) is 67.0 Å². The molecule has 0 saturated carbocycles. The fourth-order valence-electron chi connectivity index (χ4n) is 3.53. The van der Waals surface area contributed by atoms with Gasteiger partial charge in [0, 0.05) is 28.1 Å². The minimum absolute atomic E-state index is 0.0104. The molecule has 1 aliphatic rings. The first-order valence-corrected chi connectivity index (χ1v) is 10.8. The predicted molar refractivity (Wildman–Crippen MR) is 124 cm³/mol. The van der Waals surface area contributed by atoms with Crippen molar-refractivity contribution in [3.8, 4) is 5.75 Å². The van der Waals surface area contributed by atoms with Gasteiger partial charge in [0.05, 0.1) is 23.2 Å². The van der Waals surface area contributed by atoms with Crippen molar-refractivity contribution < 1.29 is 19.4 Å². The van der Waals surface area contributed by atoms with Crippen LogP contribution in [-0.2, 0) is 9.59 Å². The fraction of sp³-hybridized carbons (Fsp3) is 0.0870. The zero-order valence-electron chi connectivity index (χ0n) is 16.3. The molecule has 1 unspecified atom stereocenters. The number of benzene rings is 2. The standard InChI is InChI=1S/C23H16Br2N2O4/c1-31-18-7-2-14(12-17(18)25)21(28)19-20(13-8-10-26-11-9-13)27(23(30)22(19)29)16-5-3-15(24)4-6-16/h2-12,20,28H,1H3/b21-19-. The van der Waals surface area contributed by atoms with Gasteiger partial charge in [-0.1, -0.05) is 15.9 Å². The molecule has 31 heavy (non-hydrogen) atoms. The van der Waals surface area contributed by atoms with Crippen LogP contribution in [0.5, 0.6) is 5.75 Å². The Morgan fingerprint density at radius 1 is 1.03 bits per heavy atom. The minimum atomic E-state index is -0.801. The number of amides is 1. The lowest BCUT2D eigenvalue weighted by Gasteiger charge is -2.25. The third-order valence-corrected chi connectivity index (χ3v) is 6.14. The van der Waals surface area contributed by atoms with Crippen LogP contribution < -0.4 is 9.64 Å². The van der Waals surface area contributed by atoms with Gasteiger partial charge in [0.25, 0.3) is 11.7 Å². The summed E-state index contributed by atoms with van der Waals surface area (Å²) in [4.78, 5) is 31.6. The van der Waals surface area contributed by atoms with Crippen molar-refractivity contribution in [3.63, 3.8) is 0 Å². The molecule has 2 aromatic carbocycles. The van der Waals surface area contributed by atoms with E-state index in [4.69, 9.17) is 4.74 Å². The number of anilines is 1. The molecule has 0 spiro atoms. The average Bonchev–Trinajstić information content (AvgIpc) is 3.05. The topological polar surface area (TPSA) is 79.7 Å². The van der Waals surface area contributed by atoms with Crippen LogP contribution in [0.15, 0.2) is 81.5 Å². The van der Waals surface area contributed by atoms with Crippen LogP contribution in [0.3, 0.4) is 0 Å². The first-order chi connectivity index (χ1) is 14.9. The normalized spacial score (nSPS) is 17.8. The van der Waals surface area contributed by atoms with Crippen molar-refractivity contribution in [2.75, 3.05) is 12.0 Å². The number of ether oxygens (including phenoxy) is 1. The monoisotopic (exact) mass is 542 g/mol. The third-order valence-electron chi connectivity index (χ3n) is 5.00. The summed E-state index contributed by atoms with van der Waals surface area (Å²) in [6.07, 6.45) is 3.17. The molecule has 1 saturated heterocycles. The number of rotatable bonds is 4. The van der Waals surface area contributed by atoms with Crippen LogP contribution in [0, 0.1) is 0 Å². The smallest absolute Gasteiger partial charge is 0.300 e. The number of pyridine rings is 1. The molecule has 1 aromatic heterocycles. The van der Waals surface area contributed by atoms with Crippen LogP contribution in [-0.4, -0.2) is 28.9 Å². The van der Waals surface area contributed by atoms with Gasteiger partial charge in [-0.25, -0.2) is 0 Å². The molecule has 0 aliphatic carbocycles. The number of halogens is 2. The number of hydrogen-bond donors (Lipinski definition) is 1. The van der Waals surface area contributed by atoms with E-state index in [1.807, 2.05) is 0 Å². The lowest BCUT2D eigenvalue weighted by atomic mass is 9.95. The third kappa shape index (κ3) is 3.88. The Labute approximate surface area is 195 Å². The maximum atomic E-state index is 13.1. The van der Waals surface area contributed by atoms with Gasteiger partial charge in [0.15, 0.2) is 0 Å². The fourth-order valence-corrected chi connectivity index (χ4v) is 4.34. The highest BCUT2D eigenvalue weighted by Crippen LogP contribution is 2.42. The summed E-state index contributed by atoms with van der Waals surface area (Å²) in [5.41, 5.74) is 1.60. The van der Waals surface area contributed by atoms with Gasteiger partial charge in [0.2, 0.25) is 0 Å². The van der Waals surface area contributed by atoms with Gasteiger partial charge in [-0.3, -0.25) is 19.5 Å². The number of hydrogen-bond acceptors (Lipinski definition) is 5. The van der Waals surface area contributed by atoms with Crippen molar-refractivity contribution in [2.45, 2.75) is 6.04 Å². The molecule has 1 fully saturated rings. The van der Waals surface area contributed by atoms with E-state index < -0.39 is 17.7 Å². The highest BCUT2D eigenvalue weighted by atomic mass is 79.9. The largest absolute Gasteiger partial charge is 0.507 e. The van der Waals surface area contributed by atoms with Gasteiger partial charge in [-0.15, -0.1) is 0 Å². The molecule has 156 valence electrons. The Bertz CT molecular complexity index is 1190. The van der Waals surface area contributed by atoms with E-state index in [1.165, 1.54) is 12.0 Å². The Morgan fingerprint density at radius 3 is 2.32 bits per heavy atom. The van der Waals surface area contributed by atoms with Gasteiger partial charge < -0.3 is 9.84 Å². The zero-order valence-corrected chi connectivity index (χ0v) is 19.4. The van der Waals surface area contributed by atoms with Crippen LogP contribution >= 0.6 is 31.9 Å². The van der Waals surface area contributed by atoms with Crippen LogP contribution in [0.1, 0.15) is 17.2 Å². The van der Waals surface area contributed by atoms with Gasteiger partial charge in [-0.2, -0.15) is 0 Å². The number of aliphatic hydroxyl groups excluding tert-OH is 1. The lowest BCUT2D eigenvalue weighted by molar-refractivity contribution is -0.132. The molecular weight excluding hydrogens is 528 g/mol. The molecule has 6 nitrogen and oxygen atoms in total. The van der Waals surface area contributed by atoms with Crippen molar-refractivity contribution in [2.24, 2.45) is 0 Å². The van der Waals surface area contributed by atoms with Gasteiger partial charge >= 0.3 is 0 Å². The zero-order chi connectivity index (χ0) is 22.1. The Kier molecular flexibility index (Phi) is 5.93. The molecule has 0 bridgehead atoms. The summed E-state index contributed by atoms with van der Waals surface area (Å²) < 4.78 is 6.69. The number of methoxy groups -OCH3 is 1. The highest BCUT2D eigenvalue weighted by Gasteiger charge is 2.46. The molecule has 1 N–H and O–H groups in total.